The van der Waals surface area contributed by atoms with Crippen LogP contribution in [0.1, 0.15) is 38.2 Å². The molecule has 4 heteroatoms. The number of hydrogen-bond donors (Lipinski definition) is 1. The number of benzene rings is 1. The molecular formula is C16H24BrNO2. The van der Waals surface area contributed by atoms with Crippen molar-refractivity contribution in [2.75, 3.05) is 13.7 Å². The van der Waals surface area contributed by atoms with Crippen LogP contribution in [0.4, 0.5) is 0 Å². The minimum atomic E-state index is 0.188. The van der Waals surface area contributed by atoms with Gasteiger partial charge < -0.3 is 15.2 Å². The summed E-state index contributed by atoms with van der Waals surface area (Å²) in [6, 6.07) is 4.31. The Bertz CT molecular complexity index is 446. The second-order valence-electron chi connectivity index (χ2n) is 5.56. The smallest absolute Gasteiger partial charge is 0.175 e. The van der Waals surface area contributed by atoms with Crippen molar-refractivity contribution in [3.05, 3.63) is 22.2 Å². The third kappa shape index (κ3) is 4.38. The summed E-state index contributed by atoms with van der Waals surface area (Å²) in [5.74, 6) is 2.47. The Hall–Kier alpha value is -0.740. The fraction of sp³-hybridized carbons (Fsp3) is 0.625. The molecule has 3 nitrogen and oxygen atoms in total. The molecule has 2 rings (SSSR count). The second kappa shape index (κ2) is 7.32. The van der Waals surface area contributed by atoms with Gasteiger partial charge in [0.25, 0.3) is 0 Å². The van der Waals surface area contributed by atoms with Gasteiger partial charge in [-0.3, -0.25) is 0 Å². The van der Waals surface area contributed by atoms with Crippen molar-refractivity contribution >= 4 is 15.9 Å². The molecular weight excluding hydrogens is 318 g/mol. The van der Waals surface area contributed by atoms with Crippen LogP contribution in [0, 0.1) is 5.92 Å². The van der Waals surface area contributed by atoms with Crippen molar-refractivity contribution in [3.8, 4) is 11.5 Å². The predicted octanol–water partition coefficient (Wildman–Crippen LogP) is 3.92. The van der Waals surface area contributed by atoms with E-state index in [1.165, 1.54) is 18.4 Å². The molecule has 1 saturated carbocycles. The minimum Gasteiger partial charge on any atom is -0.493 e. The van der Waals surface area contributed by atoms with Gasteiger partial charge in [0.2, 0.25) is 0 Å². The van der Waals surface area contributed by atoms with Crippen molar-refractivity contribution in [2.24, 2.45) is 11.7 Å². The Balaban J connectivity index is 2.05. The molecule has 1 unspecified atom stereocenters. The van der Waals surface area contributed by atoms with Crippen LogP contribution in [-0.4, -0.2) is 19.8 Å². The standard InChI is InChI=1S/C16H24BrNO2/c1-3-13(18)8-12-9-14(17)16(15(10-12)19-2)20-7-6-11-4-5-11/h9-11,13H,3-8,18H2,1-2H3. The summed E-state index contributed by atoms with van der Waals surface area (Å²) in [4.78, 5) is 0. The first-order valence-corrected chi connectivity index (χ1v) is 8.18. The SMILES string of the molecule is CCC(N)Cc1cc(Br)c(OCCC2CC2)c(OC)c1. The molecule has 0 bridgehead atoms. The lowest BCUT2D eigenvalue weighted by atomic mass is 10.0. The van der Waals surface area contributed by atoms with Gasteiger partial charge in [-0.05, 0) is 58.8 Å². The number of methoxy groups -OCH3 is 1. The number of rotatable bonds is 8. The molecule has 0 saturated heterocycles. The van der Waals surface area contributed by atoms with Crippen LogP contribution in [0.3, 0.4) is 0 Å². The molecule has 0 spiro atoms. The van der Waals surface area contributed by atoms with Gasteiger partial charge in [-0.2, -0.15) is 0 Å². The van der Waals surface area contributed by atoms with Crippen molar-refractivity contribution in [1.82, 2.24) is 0 Å². The quantitative estimate of drug-likeness (QED) is 0.779. The predicted molar refractivity (Wildman–Crippen MR) is 85.5 cm³/mol. The molecule has 0 heterocycles. The van der Waals surface area contributed by atoms with Crippen LogP contribution in [0.15, 0.2) is 16.6 Å². The number of hydrogen-bond acceptors (Lipinski definition) is 3. The van der Waals surface area contributed by atoms with Gasteiger partial charge in [0, 0.05) is 6.04 Å². The highest BCUT2D eigenvalue weighted by Crippen LogP contribution is 2.38. The van der Waals surface area contributed by atoms with E-state index in [1.54, 1.807) is 7.11 Å². The largest absolute Gasteiger partial charge is 0.493 e. The molecule has 112 valence electrons. The van der Waals surface area contributed by atoms with E-state index in [-0.39, 0.29) is 6.04 Å². The van der Waals surface area contributed by atoms with Gasteiger partial charge in [0.15, 0.2) is 11.5 Å². The lowest BCUT2D eigenvalue weighted by Crippen LogP contribution is -2.21. The summed E-state index contributed by atoms with van der Waals surface area (Å²) in [5, 5.41) is 0. The van der Waals surface area contributed by atoms with Gasteiger partial charge in [-0.1, -0.05) is 19.8 Å². The normalized spacial score (nSPS) is 16.0. The van der Waals surface area contributed by atoms with E-state index in [2.05, 4.69) is 28.9 Å². The zero-order valence-electron chi connectivity index (χ0n) is 12.3. The molecule has 1 aromatic rings. The summed E-state index contributed by atoms with van der Waals surface area (Å²) in [6.07, 6.45) is 5.68. The fourth-order valence-corrected chi connectivity index (χ4v) is 2.82. The second-order valence-corrected chi connectivity index (χ2v) is 6.42. The van der Waals surface area contributed by atoms with E-state index in [9.17, 15) is 0 Å². The molecule has 1 aromatic carbocycles. The third-order valence-electron chi connectivity index (χ3n) is 3.78. The van der Waals surface area contributed by atoms with Gasteiger partial charge in [0.1, 0.15) is 0 Å². The molecule has 1 atom stereocenters. The lowest BCUT2D eigenvalue weighted by Gasteiger charge is -2.16. The molecule has 1 aliphatic carbocycles. The maximum absolute atomic E-state index is 6.02. The van der Waals surface area contributed by atoms with Crippen molar-refractivity contribution in [3.63, 3.8) is 0 Å². The van der Waals surface area contributed by atoms with E-state index in [0.717, 1.165) is 47.8 Å². The molecule has 0 radical (unpaired) electrons. The highest BCUT2D eigenvalue weighted by molar-refractivity contribution is 9.10. The van der Waals surface area contributed by atoms with Crippen LogP contribution in [0.2, 0.25) is 0 Å². The van der Waals surface area contributed by atoms with Crippen molar-refractivity contribution in [2.45, 2.75) is 45.1 Å². The van der Waals surface area contributed by atoms with Crippen molar-refractivity contribution < 1.29 is 9.47 Å². The first-order chi connectivity index (χ1) is 9.63. The molecule has 0 aliphatic heterocycles. The summed E-state index contributed by atoms with van der Waals surface area (Å²) in [7, 11) is 1.68. The third-order valence-corrected chi connectivity index (χ3v) is 4.37. The molecule has 1 aliphatic rings. The van der Waals surface area contributed by atoms with E-state index in [1.807, 2.05) is 6.07 Å². The molecule has 1 fully saturated rings. The number of nitrogens with two attached hydrogens (primary N) is 1. The summed E-state index contributed by atoms with van der Waals surface area (Å²) in [5.41, 5.74) is 7.20. The van der Waals surface area contributed by atoms with E-state index in [4.69, 9.17) is 15.2 Å². The summed E-state index contributed by atoms with van der Waals surface area (Å²) >= 11 is 3.59. The Morgan fingerprint density at radius 1 is 1.40 bits per heavy atom. The zero-order valence-corrected chi connectivity index (χ0v) is 13.9. The van der Waals surface area contributed by atoms with Gasteiger partial charge in [0.05, 0.1) is 18.2 Å². The first-order valence-electron chi connectivity index (χ1n) is 7.38. The maximum atomic E-state index is 6.02. The summed E-state index contributed by atoms with van der Waals surface area (Å²) < 4.78 is 12.3. The molecule has 0 aromatic heterocycles. The zero-order chi connectivity index (χ0) is 14.5. The number of ether oxygens (including phenoxy) is 2. The molecule has 0 amide bonds. The lowest BCUT2D eigenvalue weighted by molar-refractivity contribution is 0.281. The van der Waals surface area contributed by atoms with Crippen LogP contribution in [-0.2, 0) is 6.42 Å². The van der Waals surface area contributed by atoms with E-state index < -0.39 is 0 Å². The Labute approximate surface area is 130 Å². The van der Waals surface area contributed by atoms with Gasteiger partial charge in [-0.25, -0.2) is 0 Å². The van der Waals surface area contributed by atoms with E-state index >= 15 is 0 Å². The highest BCUT2D eigenvalue weighted by atomic mass is 79.9. The van der Waals surface area contributed by atoms with Gasteiger partial charge >= 0.3 is 0 Å². The minimum absolute atomic E-state index is 0.188. The van der Waals surface area contributed by atoms with Gasteiger partial charge in [-0.15, -0.1) is 0 Å². The summed E-state index contributed by atoms with van der Waals surface area (Å²) in [6.45, 7) is 2.86. The monoisotopic (exact) mass is 341 g/mol. The van der Waals surface area contributed by atoms with E-state index in [0.29, 0.717) is 0 Å². The average Bonchev–Trinajstić information content (AvgIpc) is 3.24. The Morgan fingerprint density at radius 2 is 2.15 bits per heavy atom. The van der Waals surface area contributed by atoms with Crippen LogP contribution in [0.25, 0.3) is 0 Å². The number of halogens is 1. The topological polar surface area (TPSA) is 44.5 Å². The Morgan fingerprint density at radius 3 is 2.75 bits per heavy atom. The first kappa shape index (κ1) is 15.6. The Kier molecular flexibility index (Phi) is 5.73. The highest BCUT2D eigenvalue weighted by Gasteiger charge is 2.21. The fourth-order valence-electron chi connectivity index (χ4n) is 2.21. The van der Waals surface area contributed by atoms with Crippen LogP contribution >= 0.6 is 15.9 Å². The molecule has 20 heavy (non-hydrogen) atoms. The van der Waals surface area contributed by atoms with Crippen LogP contribution in [0.5, 0.6) is 11.5 Å². The maximum Gasteiger partial charge on any atom is 0.175 e. The average molecular weight is 342 g/mol. The van der Waals surface area contributed by atoms with Crippen molar-refractivity contribution in [1.29, 1.82) is 0 Å². The van der Waals surface area contributed by atoms with Crippen LogP contribution < -0.4 is 15.2 Å². The molecule has 2 N–H and O–H groups in total.